The normalized spacial score (nSPS) is 11.4. The van der Waals surface area contributed by atoms with Crippen molar-refractivity contribution in [2.75, 3.05) is 20.1 Å². The Hall–Kier alpha value is -2.20. The molecule has 1 rings (SSSR count). The van der Waals surface area contributed by atoms with Crippen LogP contribution in [0.15, 0.2) is 29.2 Å². The highest BCUT2D eigenvalue weighted by molar-refractivity contribution is 7.89. The molecule has 9 nitrogen and oxygen atoms in total. The van der Waals surface area contributed by atoms with Gasteiger partial charge in [-0.05, 0) is 18.9 Å². The first kappa shape index (κ1) is 18.8. The molecular weight excluding hydrogens is 326 g/mol. The third kappa shape index (κ3) is 5.49. The van der Waals surface area contributed by atoms with Gasteiger partial charge in [0.1, 0.15) is 0 Å². The molecule has 0 aliphatic carbocycles. The molecule has 1 aromatic carbocycles. The van der Waals surface area contributed by atoms with Gasteiger partial charge < -0.3 is 10.4 Å². The van der Waals surface area contributed by atoms with Gasteiger partial charge in [-0.3, -0.25) is 10.1 Å². The molecule has 0 bridgehead atoms. The monoisotopic (exact) mass is 345 g/mol. The van der Waals surface area contributed by atoms with Crippen LogP contribution in [0.25, 0.3) is 0 Å². The minimum absolute atomic E-state index is 0.196. The molecule has 0 spiro atoms. The van der Waals surface area contributed by atoms with Crippen LogP contribution in [-0.4, -0.2) is 49.0 Å². The molecule has 1 amide bonds. The summed E-state index contributed by atoms with van der Waals surface area (Å²) >= 11 is 0. The van der Waals surface area contributed by atoms with Crippen molar-refractivity contribution in [2.24, 2.45) is 0 Å². The standard InChI is InChI=1S/C13H19N3O6S/c1-15(10-6-2-5-9-14-13(17)18)23(21,22)12-8-4-3-7-11(12)16(19)20/h3-4,7-8,14H,2,5-6,9-10H2,1H3,(H,17,18). The first-order valence-corrected chi connectivity index (χ1v) is 8.37. The van der Waals surface area contributed by atoms with Gasteiger partial charge in [0.15, 0.2) is 4.90 Å². The summed E-state index contributed by atoms with van der Waals surface area (Å²) in [6, 6.07) is 5.21. The Morgan fingerprint density at radius 1 is 1.30 bits per heavy atom. The summed E-state index contributed by atoms with van der Waals surface area (Å²) in [6.45, 7) is 0.497. The Morgan fingerprint density at radius 2 is 1.96 bits per heavy atom. The second-order valence-corrected chi connectivity index (χ2v) is 6.86. The van der Waals surface area contributed by atoms with E-state index < -0.39 is 26.7 Å². The fourth-order valence-electron chi connectivity index (χ4n) is 1.95. The maximum absolute atomic E-state index is 12.4. The van der Waals surface area contributed by atoms with Crippen LogP contribution < -0.4 is 5.32 Å². The molecule has 0 saturated carbocycles. The Labute approximate surface area is 134 Å². The second kappa shape index (κ2) is 8.44. The van der Waals surface area contributed by atoms with Crippen molar-refractivity contribution in [3.8, 4) is 0 Å². The number of hydrogen-bond acceptors (Lipinski definition) is 5. The Balaban J connectivity index is 2.63. The van der Waals surface area contributed by atoms with E-state index in [0.717, 1.165) is 10.4 Å². The molecule has 0 aliphatic heterocycles. The molecule has 0 aromatic heterocycles. The number of sulfonamides is 1. The summed E-state index contributed by atoms with van der Waals surface area (Å²) in [7, 11) is -2.58. The van der Waals surface area contributed by atoms with Gasteiger partial charge in [0, 0.05) is 26.2 Å². The number of amides is 1. The second-order valence-electron chi connectivity index (χ2n) is 4.84. The SMILES string of the molecule is CN(CCCCCNC(=O)O)S(=O)(=O)c1ccccc1[N+](=O)[O-]. The van der Waals surface area contributed by atoms with Crippen molar-refractivity contribution in [3.05, 3.63) is 34.4 Å². The average molecular weight is 345 g/mol. The third-order valence-electron chi connectivity index (χ3n) is 3.18. The van der Waals surface area contributed by atoms with E-state index in [4.69, 9.17) is 5.11 Å². The van der Waals surface area contributed by atoms with Gasteiger partial charge in [-0.1, -0.05) is 18.6 Å². The number of nitro groups is 1. The lowest BCUT2D eigenvalue weighted by molar-refractivity contribution is -0.387. The fraction of sp³-hybridized carbons (Fsp3) is 0.462. The van der Waals surface area contributed by atoms with E-state index in [2.05, 4.69) is 5.32 Å². The van der Waals surface area contributed by atoms with Crippen LogP contribution in [0.1, 0.15) is 19.3 Å². The minimum Gasteiger partial charge on any atom is -0.465 e. The van der Waals surface area contributed by atoms with Crippen LogP contribution in [0.3, 0.4) is 0 Å². The van der Waals surface area contributed by atoms with Crippen LogP contribution in [0.5, 0.6) is 0 Å². The quantitative estimate of drug-likeness (QED) is 0.397. The molecule has 10 heteroatoms. The number of carbonyl (C=O) groups is 1. The van der Waals surface area contributed by atoms with E-state index in [1.165, 1.54) is 25.2 Å². The van der Waals surface area contributed by atoms with Crippen LogP contribution in [0, 0.1) is 10.1 Å². The number of nitro benzene ring substituents is 1. The van der Waals surface area contributed by atoms with Gasteiger partial charge in [0.25, 0.3) is 5.69 Å². The maximum atomic E-state index is 12.4. The molecule has 0 unspecified atom stereocenters. The lowest BCUT2D eigenvalue weighted by atomic mass is 10.2. The zero-order valence-corrected chi connectivity index (χ0v) is 13.5. The number of para-hydroxylation sites is 1. The minimum atomic E-state index is -3.94. The first-order chi connectivity index (χ1) is 10.8. The van der Waals surface area contributed by atoms with Gasteiger partial charge >= 0.3 is 6.09 Å². The Kier molecular flexibility index (Phi) is 6.91. The van der Waals surface area contributed by atoms with E-state index in [1.54, 1.807) is 0 Å². The van der Waals surface area contributed by atoms with Crippen molar-refractivity contribution in [3.63, 3.8) is 0 Å². The van der Waals surface area contributed by atoms with Gasteiger partial charge in [-0.25, -0.2) is 17.5 Å². The van der Waals surface area contributed by atoms with Gasteiger partial charge in [-0.15, -0.1) is 0 Å². The third-order valence-corrected chi connectivity index (χ3v) is 5.08. The first-order valence-electron chi connectivity index (χ1n) is 6.93. The molecule has 0 fully saturated rings. The van der Waals surface area contributed by atoms with E-state index in [-0.39, 0.29) is 11.4 Å². The smallest absolute Gasteiger partial charge is 0.404 e. The number of nitrogens with one attached hydrogen (secondary N) is 1. The van der Waals surface area contributed by atoms with E-state index in [0.29, 0.717) is 25.8 Å². The van der Waals surface area contributed by atoms with Crippen molar-refractivity contribution >= 4 is 21.8 Å². The zero-order valence-electron chi connectivity index (χ0n) is 12.6. The lowest BCUT2D eigenvalue weighted by Gasteiger charge is -2.17. The predicted molar refractivity (Wildman–Crippen MR) is 82.8 cm³/mol. The Bertz CT molecular complexity index is 661. The lowest BCUT2D eigenvalue weighted by Crippen LogP contribution is -2.28. The number of benzene rings is 1. The predicted octanol–water partition coefficient (Wildman–Crippen LogP) is 1.65. The summed E-state index contributed by atoms with van der Waals surface area (Å²) < 4.78 is 25.9. The molecule has 128 valence electrons. The molecule has 1 aromatic rings. The highest BCUT2D eigenvalue weighted by Gasteiger charge is 2.28. The van der Waals surface area contributed by atoms with Crippen LogP contribution in [-0.2, 0) is 10.0 Å². The van der Waals surface area contributed by atoms with Crippen molar-refractivity contribution in [2.45, 2.75) is 24.2 Å². The fourth-order valence-corrected chi connectivity index (χ4v) is 3.31. The summed E-state index contributed by atoms with van der Waals surface area (Å²) in [6.07, 6.45) is 0.654. The molecule has 23 heavy (non-hydrogen) atoms. The van der Waals surface area contributed by atoms with Gasteiger partial charge in [-0.2, -0.15) is 0 Å². The summed E-state index contributed by atoms with van der Waals surface area (Å²) in [4.78, 5) is 20.2. The van der Waals surface area contributed by atoms with E-state index >= 15 is 0 Å². The summed E-state index contributed by atoms with van der Waals surface area (Å²) in [5.41, 5.74) is -0.454. The van der Waals surface area contributed by atoms with Gasteiger partial charge in [0.2, 0.25) is 10.0 Å². The van der Waals surface area contributed by atoms with Gasteiger partial charge in [0.05, 0.1) is 4.92 Å². The van der Waals surface area contributed by atoms with Crippen molar-refractivity contribution < 1.29 is 23.2 Å². The van der Waals surface area contributed by atoms with Crippen molar-refractivity contribution in [1.29, 1.82) is 0 Å². The number of carboxylic acid groups (broad SMARTS) is 1. The summed E-state index contributed by atoms with van der Waals surface area (Å²) in [5, 5.41) is 21.6. The molecule has 0 saturated heterocycles. The maximum Gasteiger partial charge on any atom is 0.404 e. The average Bonchev–Trinajstić information content (AvgIpc) is 2.50. The molecule has 0 radical (unpaired) electrons. The highest BCUT2D eigenvalue weighted by Crippen LogP contribution is 2.25. The van der Waals surface area contributed by atoms with Crippen molar-refractivity contribution in [1.82, 2.24) is 9.62 Å². The molecular formula is C13H19N3O6S. The molecule has 0 heterocycles. The number of rotatable bonds is 9. The highest BCUT2D eigenvalue weighted by atomic mass is 32.2. The Morgan fingerprint density at radius 3 is 2.57 bits per heavy atom. The topological polar surface area (TPSA) is 130 Å². The molecule has 0 aliphatic rings. The number of hydrogen-bond donors (Lipinski definition) is 2. The number of unbranched alkanes of at least 4 members (excludes halogenated alkanes) is 2. The largest absolute Gasteiger partial charge is 0.465 e. The summed E-state index contributed by atoms with van der Waals surface area (Å²) in [5.74, 6) is 0. The number of nitrogens with zero attached hydrogens (tertiary/aromatic N) is 2. The van der Waals surface area contributed by atoms with E-state index in [9.17, 15) is 23.3 Å². The zero-order chi connectivity index (χ0) is 17.5. The van der Waals surface area contributed by atoms with E-state index in [1.807, 2.05) is 0 Å². The van der Waals surface area contributed by atoms with Crippen LogP contribution in [0.4, 0.5) is 10.5 Å². The van der Waals surface area contributed by atoms with Crippen LogP contribution in [0.2, 0.25) is 0 Å². The molecule has 0 atom stereocenters. The van der Waals surface area contributed by atoms with Crippen LogP contribution >= 0.6 is 0 Å². The molecule has 2 N–H and O–H groups in total.